The Labute approximate surface area is 150 Å². The van der Waals surface area contributed by atoms with E-state index in [9.17, 15) is 9.90 Å². The van der Waals surface area contributed by atoms with Crippen LogP contribution in [-0.4, -0.2) is 47.0 Å². The van der Waals surface area contributed by atoms with Gasteiger partial charge in [0, 0.05) is 30.0 Å². The van der Waals surface area contributed by atoms with E-state index in [2.05, 4.69) is 20.8 Å². The molecule has 2 aliphatic rings. The molecule has 138 valence electrons. The van der Waals surface area contributed by atoms with E-state index in [1.54, 1.807) is 6.92 Å². The van der Waals surface area contributed by atoms with E-state index < -0.39 is 0 Å². The number of aromatic nitrogens is 2. The molecule has 0 spiro atoms. The number of hydrogen-bond donors (Lipinski definition) is 3. The lowest BCUT2D eigenvalue weighted by Crippen LogP contribution is -2.46. The molecule has 0 saturated carbocycles. The van der Waals surface area contributed by atoms with Gasteiger partial charge in [0.2, 0.25) is 17.6 Å². The minimum atomic E-state index is -0.166. The van der Waals surface area contributed by atoms with Gasteiger partial charge in [0.15, 0.2) is 0 Å². The summed E-state index contributed by atoms with van der Waals surface area (Å²) in [6, 6.07) is 5.54. The molecule has 3 N–H and O–H groups in total. The second-order valence-electron chi connectivity index (χ2n) is 6.82. The molecule has 0 aliphatic carbocycles. The Hall–Kier alpha value is -2.45. The molecule has 0 radical (unpaired) electrons. The first-order valence-electron chi connectivity index (χ1n) is 8.86. The average molecular weight is 358 g/mol. The molecule has 26 heavy (non-hydrogen) atoms. The number of benzene rings is 1. The van der Waals surface area contributed by atoms with E-state index in [0.717, 1.165) is 29.8 Å². The summed E-state index contributed by atoms with van der Waals surface area (Å²) in [7, 11) is 0. The fourth-order valence-electron chi connectivity index (χ4n) is 3.56. The van der Waals surface area contributed by atoms with Crippen molar-refractivity contribution in [2.45, 2.75) is 31.8 Å². The molecule has 1 aromatic carbocycles. The van der Waals surface area contributed by atoms with Gasteiger partial charge < -0.3 is 25.0 Å². The molecule has 3 atom stereocenters. The molecule has 2 aromatic rings. The molecule has 1 amide bonds. The van der Waals surface area contributed by atoms with Crippen molar-refractivity contribution in [1.29, 1.82) is 0 Å². The van der Waals surface area contributed by atoms with Crippen LogP contribution in [0.15, 0.2) is 22.7 Å². The summed E-state index contributed by atoms with van der Waals surface area (Å²) >= 11 is 0. The van der Waals surface area contributed by atoms with E-state index in [1.807, 2.05) is 18.2 Å². The SMILES string of the molecule is Cc1nc(-c2ccc3c(c2)OC[C@H]3NC(=O)C2CCNC(CO)C2)no1. The first-order valence-corrected chi connectivity index (χ1v) is 8.86. The molecule has 1 saturated heterocycles. The van der Waals surface area contributed by atoms with Crippen molar-refractivity contribution in [2.24, 2.45) is 5.92 Å². The van der Waals surface area contributed by atoms with Gasteiger partial charge in [-0.15, -0.1) is 0 Å². The van der Waals surface area contributed by atoms with Gasteiger partial charge in [-0.25, -0.2) is 0 Å². The minimum absolute atomic E-state index is 0.00686. The van der Waals surface area contributed by atoms with Crippen molar-refractivity contribution >= 4 is 5.91 Å². The van der Waals surface area contributed by atoms with Crippen LogP contribution in [0.4, 0.5) is 0 Å². The Morgan fingerprint density at radius 2 is 2.35 bits per heavy atom. The van der Waals surface area contributed by atoms with Crippen molar-refractivity contribution in [2.75, 3.05) is 19.8 Å². The summed E-state index contributed by atoms with van der Waals surface area (Å²) < 4.78 is 10.8. The number of nitrogens with one attached hydrogen (secondary N) is 2. The lowest BCUT2D eigenvalue weighted by molar-refractivity contribution is -0.127. The summed E-state index contributed by atoms with van der Waals surface area (Å²) in [5, 5.41) is 19.5. The molecular weight excluding hydrogens is 336 g/mol. The third-order valence-electron chi connectivity index (χ3n) is 4.98. The van der Waals surface area contributed by atoms with Gasteiger partial charge in [-0.2, -0.15) is 4.98 Å². The summed E-state index contributed by atoms with van der Waals surface area (Å²) in [6.07, 6.45) is 1.43. The predicted molar refractivity (Wildman–Crippen MR) is 92.5 cm³/mol. The quantitative estimate of drug-likeness (QED) is 0.747. The molecule has 8 nitrogen and oxygen atoms in total. The smallest absolute Gasteiger partial charge is 0.223 e. The monoisotopic (exact) mass is 358 g/mol. The summed E-state index contributed by atoms with van der Waals surface area (Å²) in [4.78, 5) is 16.8. The molecule has 2 unspecified atom stereocenters. The highest BCUT2D eigenvalue weighted by atomic mass is 16.5. The van der Waals surface area contributed by atoms with Crippen LogP contribution in [-0.2, 0) is 4.79 Å². The maximum Gasteiger partial charge on any atom is 0.223 e. The third kappa shape index (κ3) is 3.30. The van der Waals surface area contributed by atoms with Crippen LogP contribution in [0.2, 0.25) is 0 Å². The Morgan fingerprint density at radius 1 is 1.46 bits per heavy atom. The maximum atomic E-state index is 12.6. The first kappa shape index (κ1) is 17.0. The predicted octanol–water partition coefficient (Wildman–Crippen LogP) is 0.955. The molecule has 0 bridgehead atoms. The Bertz CT molecular complexity index is 806. The number of piperidine rings is 1. The fraction of sp³-hybridized carbons (Fsp3) is 0.500. The number of rotatable bonds is 4. The van der Waals surface area contributed by atoms with Gasteiger partial charge in [-0.05, 0) is 25.5 Å². The largest absolute Gasteiger partial charge is 0.491 e. The zero-order valence-corrected chi connectivity index (χ0v) is 14.6. The minimum Gasteiger partial charge on any atom is -0.491 e. The summed E-state index contributed by atoms with van der Waals surface area (Å²) in [5.41, 5.74) is 1.77. The van der Waals surface area contributed by atoms with Gasteiger partial charge in [0.05, 0.1) is 12.6 Å². The number of nitrogens with zero attached hydrogens (tertiary/aromatic N) is 2. The van der Waals surface area contributed by atoms with E-state index in [1.165, 1.54) is 0 Å². The lowest BCUT2D eigenvalue weighted by atomic mass is 9.91. The number of amides is 1. The molecule has 1 fully saturated rings. The van der Waals surface area contributed by atoms with Gasteiger partial charge >= 0.3 is 0 Å². The van der Waals surface area contributed by atoms with Gasteiger partial charge in [0.1, 0.15) is 12.4 Å². The van der Waals surface area contributed by atoms with Gasteiger partial charge in [-0.1, -0.05) is 17.3 Å². The van der Waals surface area contributed by atoms with E-state index >= 15 is 0 Å². The number of carbonyl (C=O) groups excluding carboxylic acids is 1. The number of fused-ring (bicyclic) bond motifs is 1. The number of aliphatic hydroxyl groups is 1. The Morgan fingerprint density at radius 3 is 3.12 bits per heavy atom. The molecule has 1 aromatic heterocycles. The standard InChI is InChI=1S/C18H22N4O4/c1-10-20-17(22-26-10)11-2-3-14-15(9-25-16(14)7-11)21-18(24)12-4-5-19-13(6-12)8-23/h2-3,7,12-13,15,19,23H,4-6,8-9H2,1H3,(H,21,24)/t12?,13?,15-/m1/s1. The van der Waals surface area contributed by atoms with Crippen molar-refractivity contribution in [1.82, 2.24) is 20.8 Å². The van der Waals surface area contributed by atoms with Crippen molar-refractivity contribution < 1.29 is 19.2 Å². The van der Waals surface area contributed by atoms with Crippen LogP contribution in [0.3, 0.4) is 0 Å². The van der Waals surface area contributed by atoms with Crippen molar-refractivity contribution in [3.05, 3.63) is 29.7 Å². The fourth-order valence-corrected chi connectivity index (χ4v) is 3.56. The van der Waals surface area contributed by atoms with Crippen LogP contribution in [0.1, 0.15) is 30.3 Å². The normalized spacial score (nSPS) is 24.8. The van der Waals surface area contributed by atoms with Gasteiger partial charge in [0.25, 0.3) is 0 Å². The number of aliphatic hydroxyl groups excluding tert-OH is 1. The zero-order valence-electron chi connectivity index (χ0n) is 14.6. The van der Waals surface area contributed by atoms with Gasteiger partial charge in [-0.3, -0.25) is 4.79 Å². The second-order valence-corrected chi connectivity index (χ2v) is 6.82. The van der Waals surface area contributed by atoms with E-state index in [4.69, 9.17) is 9.26 Å². The zero-order chi connectivity index (χ0) is 18.1. The topological polar surface area (TPSA) is 110 Å². The van der Waals surface area contributed by atoms with E-state index in [-0.39, 0.29) is 30.5 Å². The van der Waals surface area contributed by atoms with Crippen molar-refractivity contribution in [3.63, 3.8) is 0 Å². The first-order chi connectivity index (χ1) is 12.6. The second kappa shape index (κ2) is 7.05. The van der Waals surface area contributed by atoms with Crippen LogP contribution in [0.5, 0.6) is 5.75 Å². The van der Waals surface area contributed by atoms with Crippen LogP contribution in [0.25, 0.3) is 11.4 Å². The van der Waals surface area contributed by atoms with Crippen LogP contribution < -0.4 is 15.4 Å². The highest BCUT2D eigenvalue weighted by Gasteiger charge is 2.31. The maximum absolute atomic E-state index is 12.6. The number of aryl methyl sites for hydroxylation is 1. The molecule has 4 rings (SSSR count). The summed E-state index contributed by atoms with van der Waals surface area (Å²) in [5.74, 6) is 1.69. The summed E-state index contributed by atoms with van der Waals surface area (Å²) in [6.45, 7) is 2.95. The highest BCUT2D eigenvalue weighted by Crippen LogP contribution is 2.35. The Balaban J connectivity index is 1.45. The third-order valence-corrected chi connectivity index (χ3v) is 4.98. The van der Waals surface area contributed by atoms with Crippen molar-refractivity contribution in [3.8, 4) is 17.1 Å². The van der Waals surface area contributed by atoms with E-state index in [0.29, 0.717) is 24.7 Å². The number of ether oxygens (including phenoxy) is 1. The van der Waals surface area contributed by atoms with Crippen LogP contribution in [0, 0.1) is 12.8 Å². The highest BCUT2D eigenvalue weighted by molar-refractivity contribution is 5.79. The lowest BCUT2D eigenvalue weighted by Gasteiger charge is -2.29. The average Bonchev–Trinajstić information content (AvgIpc) is 3.28. The number of carbonyl (C=O) groups is 1. The molecule has 2 aliphatic heterocycles. The van der Waals surface area contributed by atoms with Crippen LogP contribution >= 0.6 is 0 Å². The molecule has 8 heteroatoms. The molecule has 3 heterocycles. The number of hydrogen-bond acceptors (Lipinski definition) is 7. The Kier molecular flexibility index (Phi) is 4.60. The molecular formula is C18H22N4O4.